The molecule has 0 aromatic carbocycles. The molecule has 1 amide bonds. The number of likely N-dealkylation sites (tertiary alicyclic amines) is 2. The molecule has 1 unspecified atom stereocenters. The Balaban J connectivity index is 1.63. The Labute approximate surface area is 90.9 Å². The fourth-order valence-electron chi connectivity index (χ4n) is 2.46. The van der Waals surface area contributed by atoms with Crippen LogP contribution in [0.15, 0.2) is 0 Å². The maximum absolute atomic E-state index is 11.4. The molecule has 0 bridgehead atoms. The SMILES string of the molecule is O=C1CC(O)CN1CCCN1CCCC1. The number of aliphatic hydroxyl groups is 1. The van der Waals surface area contributed by atoms with Gasteiger partial charge in [0.05, 0.1) is 12.5 Å². The summed E-state index contributed by atoms with van der Waals surface area (Å²) in [6, 6.07) is 0. The van der Waals surface area contributed by atoms with E-state index in [1.54, 1.807) is 4.90 Å². The van der Waals surface area contributed by atoms with Gasteiger partial charge in [0.15, 0.2) is 0 Å². The molecule has 0 spiro atoms. The number of β-amino-alcohol motifs (C(OH)–C–C–N with tert-alkyl or cyclic N) is 1. The van der Waals surface area contributed by atoms with E-state index >= 15 is 0 Å². The summed E-state index contributed by atoms with van der Waals surface area (Å²) >= 11 is 0. The average molecular weight is 212 g/mol. The molecule has 4 nitrogen and oxygen atoms in total. The number of aliphatic hydroxyl groups excluding tert-OH is 1. The third-order valence-corrected chi connectivity index (χ3v) is 3.30. The molecule has 15 heavy (non-hydrogen) atoms. The third-order valence-electron chi connectivity index (χ3n) is 3.30. The van der Waals surface area contributed by atoms with E-state index in [4.69, 9.17) is 0 Å². The lowest BCUT2D eigenvalue weighted by atomic mass is 10.3. The van der Waals surface area contributed by atoms with Crippen LogP contribution in [0.3, 0.4) is 0 Å². The molecular weight excluding hydrogens is 192 g/mol. The molecule has 2 saturated heterocycles. The Morgan fingerprint density at radius 2 is 2.00 bits per heavy atom. The first-order chi connectivity index (χ1) is 7.25. The van der Waals surface area contributed by atoms with E-state index < -0.39 is 6.10 Å². The first-order valence-electron chi connectivity index (χ1n) is 5.94. The second kappa shape index (κ2) is 4.94. The van der Waals surface area contributed by atoms with Gasteiger partial charge in [0.2, 0.25) is 5.91 Å². The highest BCUT2D eigenvalue weighted by atomic mass is 16.3. The highest BCUT2D eigenvalue weighted by Crippen LogP contribution is 2.12. The molecule has 2 rings (SSSR count). The van der Waals surface area contributed by atoms with Gasteiger partial charge in [-0.1, -0.05) is 0 Å². The van der Waals surface area contributed by atoms with Crippen LogP contribution in [0.4, 0.5) is 0 Å². The minimum absolute atomic E-state index is 0.115. The lowest BCUT2D eigenvalue weighted by Gasteiger charge is -2.19. The van der Waals surface area contributed by atoms with Gasteiger partial charge in [0.1, 0.15) is 0 Å². The van der Waals surface area contributed by atoms with Crippen LogP contribution in [0.5, 0.6) is 0 Å². The van der Waals surface area contributed by atoms with Crippen molar-refractivity contribution in [3.8, 4) is 0 Å². The van der Waals surface area contributed by atoms with E-state index in [0.29, 0.717) is 13.0 Å². The molecule has 2 aliphatic rings. The monoisotopic (exact) mass is 212 g/mol. The van der Waals surface area contributed by atoms with Crippen molar-refractivity contribution in [2.75, 3.05) is 32.7 Å². The summed E-state index contributed by atoms with van der Waals surface area (Å²) in [5.41, 5.74) is 0. The Kier molecular flexibility index (Phi) is 3.59. The van der Waals surface area contributed by atoms with Crippen molar-refractivity contribution in [2.45, 2.75) is 31.8 Å². The molecule has 1 N–H and O–H groups in total. The first kappa shape index (κ1) is 10.9. The van der Waals surface area contributed by atoms with Crippen LogP contribution in [-0.4, -0.2) is 59.6 Å². The third kappa shape index (κ3) is 2.92. The van der Waals surface area contributed by atoms with E-state index in [9.17, 15) is 9.90 Å². The predicted molar refractivity (Wildman–Crippen MR) is 57.5 cm³/mol. The molecule has 0 radical (unpaired) electrons. The van der Waals surface area contributed by atoms with Gasteiger partial charge in [-0.15, -0.1) is 0 Å². The predicted octanol–water partition coefficient (Wildman–Crippen LogP) is 0.0655. The van der Waals surface area contributed by atoms with E-state index in [0.717, 1.165) is 19.5 Å². The molecule has 2 heterocycles. The van der Waals surface area contributed by atoms with Crippen LogP contribution in [0.2, 0.25) is 0 Å². The van der Waals surface area contributed by atoms with Gasteiger partial charge in [0, 0.05) is 13.1 Å². The Morgan fingerprint density at radius 1 is 1.27 bits per heavy atom. The first-order valence-corrected chi connectivity index (χ1v) is 5.94. The summed E-state index contributed by atoms with van der Waals surface area (Å²) in [5.74, 6) is 0.115. The molecule has 4 heteroatoms. The van der Waals surface area contributed by atoms with Crippen molar-refractivity contribution < 1.29 is 9.90 Å². The Bertz CT molecular complexity index is 227. The van der Waals surface area contributed by atoms with Gasteiger partial charge in [0.25, 0.3) is 0 Å². The van der Waals surface area contributed by atoms with Gasteiger partial charge < -0.3 is 14.9 Å². The smallest absolute Gasteiger partial charge is 0.225 e. The summed E-state index contributed by atoms with van der Waals surface area (Å²) in [5, 5.41) is 9.31. The second-order valence-corrected chi connectivity index (χ2v) is 4.60. The quantitative estimate of drug-likeness (QED) is 0.717. The zero-order valence-corrected chi connectivity index (χ0v) is 9.19. The number of rotatable bonds is 4. The summed E-state index contributed by atoms with van der Waals surface area (Å²) < 4.78 is 0. The van der Waals surface area contributed by atoms with Crippen molar-refractivity contribution in [2.24, 2.45) is 0 Å². The fraction of sp³-hybridized carbons (Fsp3) is 0.909. The van der Waals surface area contributed by atoms with Gasteiger partial charge in [-0.05, 0) is 38.9 Å². The van der Waals surface area contributed by atoms with E-state index in [1.807, 2.05) is 0 Å². The number of hydrogen-bond donors (Lipinski definition) is 1. The second-order valence-electron chi connectivity index (χ2n) is 4.60. The highest BCUT2D eigenvalue weighted by Gasteiger charge is 2.27. The zero-order chi connectivity index (χ0) is 10.7. The number of hydrogen-bond acceptors (Lipinski definition) is 3. The molecule has 0 aliphatic carbocycles. The van der Waals surface area contributed by atoms with Gasteiger partial charge in [-0.25, -0.2) is 0 Å². The highest BCUT2D eigenvalue weighted by molar-refractivity contribution is 5.78. The molecule has 86 valence electrons. The molecule has 0 aromatic rings. The molecule has 0 aromatic heterocycles. The van der Waals surface area contributed by atoms with Gasteiger partial charge in [-0.3, -0.25) is 4.79 Å². The van der Waals surface area contributed by atoms with Crippen molar-refractivity contribution in [3.63, 3.8) is 0 Å². The maximum Gasteiger partial charge on any atom is 0.225 e. The summed E-state index contributed by atoms with van der Waals surface area (Å²) in [4.78, 5) is 15.6. The van der Waals surface area contributed by atoms with E-state index in [1.165, 1.54) is 25.9 Å². The van der Waals surface area contributed by atoms with E-state index in [2.05, 4.69) is 4.90 Å². The van der Waals surface area contributed by atoms with E-state index in [-0.39, 0.29) is 5.91 Å². The van der Waals surface area contributed by atoms with Crippen LogP contribution in [-0.2, 0) is 4.79 Å². The van der Waals surface area contributed by atoms with Gasteiger partial charge >= 0.3 is 0 Å². The summed E-state index contributed by atoms with van der Waals surface area (Å²) in [7, 11) is 0. The van der Waals surface area contributed by atoms with Crippen LogP contribution in [0, 0.1) is 0 Å². The van der Waals surface area contributed by atoms with Crippen molar-refractivity contribution in [3.05, 3.63) is 0 Å². The fourth-order valence-corrected chi connectivity index (χ4v) is 2.46. The van der Waals surface area contributed by atoms with Gasteiger partial charge in [-0.2, -0.15) is 0 Å². The number of carbonyl (C=O) groups excluding carboxylic acids is 1. The molecule has 2 fully saturated rings. The maximum atomic E-state index is 11.4. The normalized spacial score (nSPS) is 27.9. The summed E-state index contributed by atoms with van der Waals surface area (Å²) in [6.07, 6.45) is 3.58. The number of carbonyl (C=O) groups is 1. The topological polar surface area (TPSA) is 43.8 Å². The Hall–Kier alpha value is -0.610. The van der Waals surface area contributed by atoms with Crippen LogP contribution < -0.4 is 0 Å². The molecule has 0 saturated carbocycles. The largest absolute Gasteiger partial charge is 0.391 e. The number of amides is 1. The Morgan fingerprint density at radius 3 is 2.60 bits per heavy atom. The zero-order valence-electron chi connectivity index (χ0n) is 9.19. The molecule has 1 atom stereocenters. The molecular formula is C11H20N2O2. The average Bonchev–Trinajstić information content (AvgIpc) is 2.77. The van der Waals surface area contributed by atoms with Crippen molar-refractivity contribution >= 4 is 5.91 Å². The standard InChI is InChI=1S/C11H20N2O2/c14-10-8-11(15)13(9-10)7-3-6-12-4-1-2-5-12/h10,14H,1-9H2. The van der Waals surface area contributed by atoms with Crippen molar-refractivity contribution in [1.82, 2.24) is 9.80 Å². The minimum atomic E-state index is -0.427. The van der Waals surface area contributed by atoms with Crippen LogP contribution in [0.1, 0.15) is 25.7 Å². The minimum Gasteiger partial charge on any atom is -0.391 e. The molecule has 2 aliphatic heterocycles. The number of nitrogens with zero attached hydrogens (tertiary/aromatic N) is 2. The lowest BCUT2D eigenvalue weighted by molar-refractivity contribution is -0.127. The van der Waals surface area contributed by atoms with Crippen LogP contribution in [0.25, 0.3) is 0 Å². The van der Waals surface area contributed by atoms with Crippen molar-refractivity contribution in [1.29, 1.82) is 0 Å². The summed E-state index contributed by atoms with van der Waals surface area (Å²) in [6.45, 7) is 4.89. The lowest BCUT2D eigenvalue weighted by Crippen LogP contribution is -2.30. The van der Waals surface area contributed by atoms with Crippen LogP contribution >= 0.6 is 0 Å².